The average molecular weight is 562 g/mol. The lowest BCUT2D eigenvalue weighted by molar-refractivity contribution is 0.0531. The van der Waals surface area contributed by atoms with Crippen molar-refractivity contribution in [3.8, 4) is 11.5 Å². The predicted molar refractivity (Wildman–Crippen MR) is 134 cm³/mol. The topological polar surface area (TPSA) is 94.1 Å². The van der Waals surface area contributed by atoms with Crippen LogP contribution in [-0.2, 0) is 4.74 Å². The van der Waals surface area contributed by atoms with Crippen LogP contribution in [0.1, 0.15) is 47.2 Å². The molecule has 0 bridgehead atoms. The Morgan fingerprint density at radius 2 is 1.87 bits per heavy atom. The van der Waals surface area contributed by atoms with Crippen molar-refractivity contribution in [3.05, 3.63) is 39.8 Å². The van der Waals surface area contributed by atoms with Gasteiger partial charge >= 0.3 is 5.97 Å². The molecule has 2 rings (SSSR count). The van der Waals surface area contributed by atoms with Crippen molar-refractivity contribution < 1.29 is 19.0 Å². The lowest BCUT2D eigenvalue weighted by Gasteiger charge is -2.19. The summed E-state index contributed by atoms with van der Waals surface area (Å²) in [7, 11) is 3.33. The SMILES string of the molecule is CCOC(=O)c1sc(C(C)NC(=NC)NCC(C)Oc2ccc(OC)cc2)nc1C.I. The molecule has 1 aromatic carbocycles. The zero-order valence-electron chi connectivity index (χ0n) is 18.7. The lowest BCUT2D eigenvalue weighted by atomic mass is 10.3. The predicted octanol–water partition coefficient (Wildman–Crippen LogP) is 3.95. The van der Waals surface area contributed by atoms with Gasteiger partial charge in [-0.3, -0.25) is 4.99 Å². The number of ether oxygens (including phenoxy) is 3. The van der Waals surface area contributed by atoms with Gasteiger partial charge < -0.3 is 24.8 Å². The highest BCUT2D eigenvalue weighted by Crippen LogP contribution is 2.24. The quantitative estimate of drug-likeness (QED) is 0.207. The van der Waals surface area contributed by atoms with Crippen LogP contribution in [0.2, 0.25) is 0 Å². The zero-order chi connectivity index (χ0) is 22.1. The fourth-order valence-corrected chi connectivity index (χ4v) is 3.58. The van der Waals surface area contributed by atoms with Crippen molar-refractivity contribution in [1.29, 1.82) is 0 Å². The molecule has 31 heavy (non-hydrogen) atoms. The number of halogens is 1. The number of rotatable bonds is 9. The molecule has 0 saturated carbocycles. The van der Waals surface area contributed by atoms with Gasteiger partial charge in [-0.25, -0.2) is 9.78 Å². The number of hydrogen-bond donors (Lipinski definition) is 2. The summed E-state index contributed by atoms with van der Waals surface area (Å²) in [5, 5.41) is 7.34. The van der Waals surface area contributed by atoms with E-state index in [9.17, 15) is 4.79 Å². The number of nitrogens with one attached hydrogen (secondary N) is 2. The maximum atomic E-state index is 12.0. The molecule has 0 spiro atoms. The molecule has 0 aliphatic carbocycles. The van der Waals surface area contributed by atoms with Crippen molar-refractivity contribution in [2.75, 3.05) is 27.3 Å². The Bertz CT molecular complexity index is 858. The fraction of sp³-hybridized carbons (Fsp3) is 0.476. The first-order valence-electron chi connectivity index (χ1n) is 9.80. The smallest absolute Gasteiger partial charge is 0.350 e. The maximum absolute atomic E-state index is 12.0. The first-order chi connectivity index (χ1) is 14.4. The van der Waals surface area contributed by atoms with E-state index in [1.165, 1.54) is 11.3 Å². The van der Waals surface area contributed by atoms with Crippen LogP contribution < -0.4 is 20.1 Å². The van der Waals surface area contributed by atoms with Crippen LogP contribution in [0, 0.1) is 6.92 Å². The van der Waals surface area contributed by atoms with Crippen LogP contribution in [0.15, 0.2) is 29.3 Å². The molecule has 1 aromatic heterocycles. The number of aliphatic imine (C=N–C) groups is 1. The number of guanidine groups is 1. The van der Waals surface area contributed by atoms with Gasteiger partial charge in [-0.2, -0.15) is 0 Å². The molecule has 172 valence electrons. The molecule has 0 radical (unpaired) electrons. The second kappa shape index (κ2) is 13.4. The van der Waals surface area contributed by atoms with Gasteiger partial charge in [0.25, 0.3) is 0 Å². The number of hydrogen-bond acceptors (Lipinski definition) is 7. The number of nitrogens with zero attached hydrogens (tertiary/aromatic N) is 2. The largest absolute Gasteiger partial charge is 0.497 e. The van der Waals surface area contributed by atoms with Crippen molar-refractivity contribution in [2.45, 2.75) is 39.8 Å². The Labute approximate surface area is 204 Å². The van der Waals surface area contributed by atoms with Gasteiger partial charge in [0, 0.05) is 7.05 Å². The van der Waals surface area contributed by atoms with Crippen LogP contribution >= 0.6 is 35.3 Å². The third kappa shape index (κ3) is 8.17. The number of aryl methyl sites for hydroxylation is 1. The van der Waals surface area contributed by atoms with E-state index in [2.05, 4.69) is 20.6 Å². The molecule has 8 nitrogen and oxygen atoms in total. The highest BCUT2D eigenvalue weighted by atomic mass is 127. The Morgan fingerprint density at radius 1 is 1.23 bits per heavy atom. The first-order valence-corrected chi connectivity index (χ1v) is 10.6. The molecule has 0 aliphatic rings. The van der Waals surface area contributed by atoms with Crippen molar-refractivity contribution in [1.82, 2.24) is 15.6 Å². The molecule has 0 aliphatic heterocycles. The van der Waals surface area contributed by atoms with Crippen LogP contribution in [0.3, 0.4) is 0 Å². The number of thiazole rings is 1. The summed E-state index contributed by atoms with van der Waals surface area (Å²) in [6.45, 7) is 8.44. The monoisotopic (exact) mass is 562 g/mol. The van der Waals surface area contributed by atoms with Crippen LogP contribution in [0.5, 0.6) is 11.5 Å². The van der Waals surface area contributed by atoms with Crippen molar-refractivity contribution in [2.24, 2.45) is 4.99 Å². The maximum Gasteiger partial charge on any atom is 0.350 e. The van der Waals surface area contributed by atoms with Crippen LogP contribution in [0.4, 0.5) is 0 Å². The van der Waals surface area contributed by atoms with E-state index in [1.807, 2.05) is 45.0 Å². The minimum Gasteiger partial charge on any atom is -0.497 e. The molecule has 0 fully saturated rings. The highest BCUT2D eigenvalue weighted by molar-refractivity contribution is 14.0. The highest BCUT2D eigenvalue weighted by Gasteiger charge is 2.20. The minimum atomic E-state index is -0.335. The Balaban J connectivity index is 0.00000480. The number of esters is 1. The van der Waals surface area contributed by atoms with Gasteiger partial charge in [0.1, 0.15) is 27.5 Å². The fourth-order valence-electron chi connectivity index (χ4n) is 2.62. The molecule has 1 heterocycles. The number of benzene rings is 1. The van der Waals surface area contributed by atoms with E-state index in [-0.39, 0.29) is 42.1 Å². The van der Waals surface area contributed by atoms with E-state index < -0.39 is 0 Å². The van der Waals surface area contributed by atoms with E-state index in [4.69, 9.17) is 14.2 Å². The zero-order valence-corrected chi connectivity index (χ0v) is 21.9. The standard InChI is InChI=1S/C21H30N4O4S.HI/c1-7-28-20(26)18-14(3)24-19(30-18)15(4)25-21(22-5)23-12-13(2)29-17-10-8-16(27-6)9-11-17;/h8-11,13,15H,7,12H2,1-6H3,(H2,22,23,25);1H. The first kappa shape index (κ1) is 27.0. The summed E-state index contributed by atoms with van der Waals surface area (Å²) in [5.74, 6) is 1.85. The number of carbonyl (C=O) groups is 1. The number of aromatic nitrogens is 1. The van der Waals surface area contributed by atoms with Gasteiger partial charge in [0.2, 0.25) is 0 Å². The van der Waals surface area contributed by atoms with Gasteiger partial charge in [-0.1, -0.05) is 0 Å². The molecule has 0 amide bonds. The molecular weight excluding hydrogens is 531 g/mol. The number of carbonyl (C=O) groups excluding carboxylic acids is 1. The van der Waals surface area contributed by atoms with E-state index in [0.29, 0.717) is 29.7 Å². The molecule has 2 atom stereocenters. The van der Waals surface area contributed by atoms with Gasteiger partial charge in [-0.05, 0) is 52.0 Å². The Kier molecular flexibility index (Phi) is 11.6. The molecule has 10 heteroatoms. The Hall–Kier alpha value is -2.08. The van der Waals surface area contributed by atoms with Crippen molar-refractivity contribution >= 4 is 47.2 Å². The molecule has 2 aromatic rings. The minimum absolute atomic E-state index is 0. The number of methoxy groups -OCH3 is 1. The molecule has 2 N–H and O–H groups in total. The van der Waals surface area contributed by atoms with E-state index in [0.717, 1.165) is 16.5 Å². The average Bonchev–Trinajstić information content (AvgIpc) is 3.13. The van der Waals surface area contributed by atoms with Crippen LogP contribution in [-0.4, -0.2) is 50.3 Å². The second-order valence-electron chi connectivity index (χ2n) is 6.61. The normalized spacial score (nSPS) is 12.9. The summed E-state index contributed by atoms with van der Waals surface area (Å²) in [6.07, 6.45) is -0.0789. The second-order valence-corrected chi connectivity index (χ2v) is 7.64. The summed E-state index contributed by atoms with van der Waals surface area (Å²) in [6, 6.07) is 7.34. The van der Waals surface area contributed by atoms with E-state index >= 15 is 0 Å². The summed E-state index contributed by atoms with van der Waals surface area (Å²) in [5.41, 5.74) is 0.673. The molecule has 2 unspecified atom stereocenters. The van der Waals surface area contributed by atoms with Crippen molar-refractivity contribution in [3.63, 3.8) is 0 Å². The van der Waals surface area contributed by atoms with Gasteiger partial charge in [0.15, 0.2) is 5.96 Å². The molecule has 0 saturated heterocycles. The summed E-state index contributed by atoms with van der Waals surface area (Å²) in [4.78, 5) is 21.3. The third-order valence-electron chi connectivity index (χ3n) is 4.17. The Morgan fingerprint density at radius 3 is 2.45 bits per heavy atom. The van der Waals surface area contributed by atoms with Gasteiger partial charge in [-0.15, -0.1) is 35.3 Å². The summed E-state index contributed by atoms with van der Waals surface area (Å²) >= 11 is 1.33. The van der Waals surface area contributed by atoms with E-state index in [1.54, 1.807) is 21.1 Å². The van der Waals surface area contributed by atoms with Gasteiger partial charge in [0.05, 0.1) is 32.0 Å². The third-order valence-corrected chi connectivity index (χ3v) is 5.50. The molecular formula is C21H31IN4O4S. The summed E-state index contributed by atoms with van der Waals surface area (Å²) < 4.78 is 16.1. The lowest BCUT2D eigenvalue weighted by Crippen LogP contribution is -2.42. The van der Waals surface area contributed by atoms with Crippen LogP contribution in [0.25, 0.3) is 0 Å².